The van der Waals surface area contributed by atoms with Gasteiger partial charge in [-0.3, -0.25) is 0 Å². The van der Waals surface area contributed by atoms with Gasteiger partial charge in [-0.05, 0) is 49.4 Å². The van der Waals surface area contributed by atoms with E-state index >= 15 is 0 Å². The molecule has 128 valence electrons. The first-order valence-electron chi connectivity index (χ1n) is 8.85. The van der Waals surface area contributed by atoms with Crippen LogP contribution in [0.5, 0.6) is 0 Å². The highest BCUT2D eigenvalue weighted by atomic mass is 16.4. The molecule has 2 aliphatic rings. The van der Waals surface area contributed by atoms with Gasteiger partial charge in [-0.25, -0.2) is 9.59 Å². The summed E-state index contributed by atoms with van der Waals surface area (Å²) >= 11 is 0. The van der Waals surface area contributed by atoms with Crippen LogP contribution < -0.4 is 0 Å². The van der Waals surface area contributed by atoms with Crippen molar-refractivity contribution in [1.82, 2.24) is 0 Å². The van der Waals surface area contributed by atoms with Gasteiger partial charge < -0.3 is 10.2 Å². The van der Waals surface area contributed by atoms with Gasteiger partial charge in [0.2, 0.25) is 0 Å². The Morgan fingerprint density at radius 2 is 1.52 bits per heavy atom. The summed E-state index contributed by atoms with van der Waals surface area (Å²) in [5, 5.41) is 17.5. The molecule has 0 spiro atoms. The predicted octanol–water partition coefficient (Wildman–Crippen LogP) is 4.27. The maximum Gasteiger partial charge on any atom is 0.327 e. The summed E-state index contributed by atoms with van der Waals surface area (Å²) in [5.41, 5.74) is 0. The van der Waals surface area contributed by atoms with E-state index < -0.39 is 11.9 Å². The Bertz CT molecular complexity index is 466. The van der Waals surface area contributed by atoms with Crippen LogP contribution in [0, 0.1) is 23.7 Å². The molecule has 2 saturated carbocycles. The predicted molar refractivity (Wildman–Crippen MR) is 89.1 cm³/mol. The SMILES string of the molecule is O=C(O)/C=C/CC1CCCC(C2CCCC(/C=C/C(=O)O)C2)C1. The monoisotopic (exact) mass is 320 g/mol. The van der Waals surface area contributed by atoms with Gasteiger partial charge in [-0.2, -0.15) is 0 Å². The van der Waals surface area contributed by atoms with Crippen LogP contribution in [0.1, 0.15) is 57.8 Å². The molecule has 0 heterocycles. The van der Waals surface area contributed by atoms with Crippen molar-refractivity contribution in [3.05, 3.63) is 24.3 Å². The molecule has 0 aromatic carbocycles. The van der Waals surface area contributed by atoms with Crippen LogP contribution in [0.25, 0.3) is 0 Å². The molecule has 0 aromatic heterocycles. The number of hydrogen-bond donors (Lipinski definition) is 2. The van der Waals surface area contributed by atoms with Crippen molar-refractivity contribution in [2.24, 2.45) is 23.7 Å². The van der Waals surface area contributed by atoms with Crippen LogP contribution in [-0.4, -0.2) is 22.2 Å². The zero-order valence-electron chi connectivity index (χ0n) is 13.7. The average molecular weight is 320 g/mol. The van der Waals surface area contributed by atoms with Crippen LogP contribution in [0.3, 0.4) is 0 Å². The third kappa shape index (κ3) is 6.20. The van der Waals surface area contributed by atoms with Gasteiger partial charge in [-0.1, -0.05) is 44.3 Å². The first-order valence-corrected chi connectivity index (χ1v) is 8.85. The maximum absolute atomic E-state index is 10.7. The van der Waals surface area contributed by atoms with E-state index in [1.54, 1.807) is 6.08 Å². The molecular weight excluding hydrogens is 292 g/mol. The Labute approximate surface area is 138 Å². The number of allylic oxidation sites excluding steroid dienone is 2. The lowest BCUT2D eigenvalue weighted by Gasteiger charge is -2.38. The summed E-state index contributed by atoms with van der Waals surface area (Å²) in [5.74, 6) is 0.746. The standard InChI is InChI=1S/C19H28O4/c20-18(21)9-3-6-14-4-1-7-16(12-14)17-8-2-5-15(13-17)10-11-19(22)23/h3,9-11,14-17H,1-2,4-8,12-13H2,(H,20,21)(H,22,23)/b9-3+,11-10+. The Balaban J connectivity index is 1.85. The molecule has 0 amide bonds. The van der Waals surface area contributed by atoms with Crippen LogP contribution in [0.4, 0.5) is 0 Å². The van der Waals surface area contributed by atoms with Crippen LogP contribution >= 0.6 is 0 Å². The van der Waals surface area contributed by atoms with Crippen molar-refractivity contribution >= 4 is 11.9 Å². The molecule has 2 aliphatic carbocycles. The number of carboxylic acids is 2. The summed E-state index contributed by atoms with van der Waals surface area (Å²) in [6.45, 7) is 0. The smallest absolute Gasteiger partial charge is 0.327 e. The minimum absolute atomic E-state index is 0.414. The average Bonchev–Trinajstić information content (AvgIpc) is 2.53. The van der Waals surface area contributed by atoms with Crippen molar-refractivity contribution in [3.8, 4) is 0 Å². The lowest BCUT2D eigenvalue weighted by Crippen LogP contribution is -2.27. The Kier molecular flexibility index (Phi) is 6.87. The summed E-state index contributed by atoms with van der Waals surface area (Å²) in [6, 6.07) is 0. The Morgan fingerprint density at radius 1 is 0.870 bits per heavy atom. The molecule has 0 radical (unpaired) electrons. The Morgan fingerprint density at radius 3 is 2.22 bits per heavy atom. The van der Waals surface area contributed by atoms with Crippen molar-refractivity contribution in [3.63, 3.8) is 0 Å². The molecular formula is C19H28O4. The molecule has 4 unspecified atom stereocenters. The molecule has 0 saturated heterocycles. The maximum atomic E-state index is 10.7. The lowest BCUT2D eigenvalue weighted by atomic mass is 9.67. The van der Waals surface area contributed by atoms with Gasteiger partial charge in [0, 0.05) is 12.2 Å². The Hall–Kier alpha value is -1.58. The fraction of sp³-hybridized carbons (Fsp3) is 0.684. The van der Waals surface area contributed by atoms with Crippen LogP contribution in [-0.2, 0) is 9.59 Å². The highest BCUT2D eigenvalue weighted by molar-refractivity contribution is 5.80. The molecule has 4 heteroatoms. The minimum Gasteiger partial charge on any atom is -0.478 e. The lowest BCUT2D eigenvalue weighted by molar-refractivity contribution is -0.132. The third-order valence-corrected chi connectivity index (χ3v) is 5.49. The van der Waals surface area contributed by atoms with E-state index in [2.05, 4.69) is 0 Å². The molecule has 4 atom stereocenters. The first kappa shape index (κ1) is 17.8. The molecule has 2 fully saturated rings. The summed E-state index contributed by atoms with van der Waals surface area (Å²) in [7, 11) is 0. The minimum atomic E-state index is -0.863. The van der Waals surface area contributed by atoms with Gasteiger partial charge in [0.05, 0.1) is 0 Å². The van der Waals surface area contributed by atoms with E-state index in [-0.39, 0.29) is 0 Å². The fourth-order valence-corrected chi connectivity index (χ4v) is 4.42. The van der Waals surface area contributed by atoms with Crippen molar-refractivity contribution in [2.45, 2.75) is 57.8 Å². The van der Waals surface area contributed by atoms with E-state index in [1.165, 1.54) is 50.7 Å². The van der Waals surface area contributed by atoms with E-state index in [4.69, 9.17) is 10.2 Å². The highest BCUT2D eigenvalue weighted by Crippen LogP contribution is 2.43. The zero-order valence-corrected chi connectivity index (χ0v) is 13.7. The second kappa shape index (κ2) is 8.90. The normalized spacial score (nSPS) is 32.3. The van der Waals surface area contributed by atoms with Crippen molar-refractivity contribution in [1.29, 1.82) is 0 Å². The number of rotatable bonds is 6. The van der Waals surface area contributed by atoms with E-state index in [0.717, 1.165) is 25.2 Å². The van der Waals surface area contributed by atoms with E-state index in [0.29, 0.717) is 17.8 Å². The van der Waals surface area contributed by atoms with Gasteiger partial charge in [0.1, 0.15) is 0 Å². The number of carbonyl (C=O) groups is 2. The second-order valence-corrected chi connectivity index (χ2v) is 7.15. The molecule has 23 heavy (non-hydrogen) atoms. The zero-order chi connectivity index (χ0) is 16.7. The second-order valence-electron chi connectivity index (χ2n) is 7.15. The number of carboxylic acid groups (broad SMARTS) is 2. The molecule has 4 nitrogen and oxygen atoms in total. The quantitative estimate of drug-likeness (QED) is 0.717. The molecule has 2 N–H and O–H groups in total. The van der Waals surface area contributed by atoms with E-state index in [9.17, 15) is 9.59 Å². The largest absolute Gasteiger partial charge is 0.478 e. The number of hydrogen-bond acceptors (Lipinski definition) is 2. The highest BCUT2D eigenvalue weighted by Gasteiger charge is 2.31. The van der Waals surface area contributed by atoms with E-state index in [1.807, 2.05) is 6.08 Å². The van der Waals surface area contributed by atoms with Crippen LogP contribution in [0.15, 0.2) is 24.3 Å². The summed E-state index contributed by atoms with van der Waals surface area (Å²) < 4.78 is 0. The molecule has 2 rings (SSSR count). The molecule has 0 aromatic rings. The molecule has 0 bridgehead atoms. The summed E-state index contributed by atoms with van der Waals surface area (Å²) in [6.07, 6.45) is 16.7. The van der Waals surface area contributed by atoms with Crippen molar-refractivity contribution in [2.75, 3.05) is 0 Å². The fourth-order valence-electron chi connectivity index (χ4n) is 4.42. The van der Waals surface area contributed by atoms with Gasteiger partial charge in [0.25, 0.3) is 0 Å². The first-order chi connectivity index (χ1) is 11.0. The topological polar surface area (TPSA) is 74.6 Å². The third-order valence-electron chi connectivity index (χ3n) is 5.49. The number of aliphatic carboxylic acids is 2. The molecule has 0 aliphatic heterocycles. The summed E-state index contributed by atoms with van der Waals surface area (Å²) in [4.78, 5) is 21.2. The van der Waals surface area contributed by atoms with Gasteiger partial charge >= 0.3 is 11.9 Å². The van der Waals surface area contributed by atoms with Crippen molar-refractivity contribution < 1.29 is 19.8 Å². The van der Waals surface area contributed by atoms with Crippen LogP contribution in [0.2, 0.25) is 0 Å². The van der Waals surface area contributed by atoms with Gasteiger partial charge in [0.15, 0.2) is 0 Å². The van der Waals surface area contributed by atoms with Gasteiger partial charge in [-0.15, -0.1) is 0 Å².